The maximum atomic E-state index is 12.7. The molecule has 0 saturated heterocycles. The van der Waals surface area contributed by atoms with E-state index in [4.69, 9.17) is 14.6 Å². The maximum Gasteiger partial charge on any atom is 0.248 e. The van der Waals surface area contributed by atoms with Crippen molar-refractivity contribution in [2.24, 2.45) is 0 Å². The third-order valence-corrected chi connectivity index (χ3v) is 6.19. The molecular formula is C30H31N3O3. The molecule has 36 heavy (non-hydrogen) atoms. The summed E-state index contributed by atoms with van der Waals surface area (Å²) in [5.74, 6) is 1.53. The largest absolute Gasteiger partial charge is 0.493 e. The van der Waals surface area contributed by atoms with Gasteiger partial charge in [-0.2, -0.15) is 5.10 Å². The highest BCUT2D eigenvalue weighted by Crippen LogP contribution is 2.34. The molecule has 3 aromatic carbocycles. The van der Waals surface area contributed by atoms with Crippen LogP contribution in [0.2, 0.25) is 0 Å². The maximum absolute atomic E-state index is 12.7. The standard InChI is InChI=1S/C30H31N3O3/c1-5-21(2)22-11-15-25(16-12-22)31-29(34)18-14-24-20-33(26-9-7-6-8-10-26)32-30(24)23-13-17-27(35-3)28(19-23)36-4/h6-21H,5H2,1-4H3,(H,31,34)/b18-14+/t21-/m0/s1. The molecule has 0 spiro atoms. The molecule has 0 bridgehead atoms. The molecule has 0 aliphatic rings. The zero-order valence-electron chi connectivity index (χ0n) is 21.1. The molecule has 1 N–H and O–H groups in total. The number of nitrogens with one attached hydrogen (secondary N) is 1. The zero-order chi connectivity index (χ0) is 25.5. The molecule has 6 nitrogen and oxygen atoms in total. The van der Waals surface area contributed by atoms with Gasteiger partial charge in [0.1, 0.15) is 5.69 Å². The van der Waals surface area contributed by atoms with Crippen LogP contribution in [0.1, 0.15) is 37.3 Å². The molecule has 0 radical (unpaired) electrons. The van der Waals surface area contributed by atoms with Crippen molar-refractivity contribution in [1.82, 2.24) is 9.78 Å². The number of carbonyl (C=O) groups is 1. The highest BCUT2D eigenvalue weighted by Gasteiger charge is 2.14. The van der Waals surface area contributed by atoms with Gasteiger partial charge in [-0.3, -0.25) is 4.79 Å². The Balaban J connectivity index is 1.62. The number of amides is 1. The van der Waals surface area contributed by atoms with Crippen molar-refractivity contribution in [2.45, 2.75) is 26.2 Å². The molecule has 1 amide bonds. The van der Waals surface area contributed by atoms with Crippen molar-refractivity contribution >= 4 is 17.7 Å². The van der Waals surface area contributed by atoms with Crippen molar-refractivity contribution in [3.8, 4) is 28.4 Å². The molecule has 4 aromatic rings. The van der Waals surface area contributed by atoms with Crippen LogP contribution in [0.25, 0.3) is 23.0 Å². The zero-order valence-corrected chi connectivity index (χ0v) is 21.1. The normalized spacial score (nSPS) is 11.9. The van der Waals surface area contributed by atoms with Crippen molar-refractivity contribution in [2.75, 3.05) is 19.5 Å². The second-order valence-electron chi connectivity index (χ2n) is 8.54. The van der Waals surface area contributed by atoms with E-state index >= 15 is 0 Å². The Hall–Kier alpha value is -4.32. The van der Waals surface area contributed by atoms with E-state index in [1.165, 1.54) is 11.6 Å². The van der Waals surface area contributed by atoms with Gasteiger partial charge in [-0.25, -0.2) is 4.68 Å². The summed E-state index contributed by atoms with van der Waals surface area (Å²) in [6.07, 6.45) is 6.29. The number of nitrogens with zero attached hydrogens (tertiary/aromatic N) is 2. The molecule has 6 heteroatoms. The molecule has 0 unspecified atom stereocenters. The van der Waals surface area contributed by atoms with Crippen LogP contribution in [0.4, 0.5) is 5.69 Å². The first kappa shape index (κ1) is 24.8. The first-order valence-electron chi connectivity index (χ1n) is 12.0. The predicted octanol–water partition coefficient (Wildman–Crippen LogP) is 6.72. The smallest absolute Gasteiger partial charge is 0.248 e. The monoisotopic (exact) mass is 481 g/mol. The lowest BCUT2D eigenvalue weighted by Crippen LogP contribution is -2.07. The Kier molecular flexibility index (Phi) is 7.85. The fraction of sp³-hybridized carbons (Fsp3) is 0.200. The molecular weight excluding hydrogens is 450 g/mol. The van der Waals surface area contributed by atoms with Gasteiger partial charge in [0.15, 0.2) is 11.5 Å². The van der Waals surface area contributed by atoms with Crippen molar-refractivity contribution in [3.63, 3.8) is 0 Å². The summed E-state index contributed by atoms with van der Waals surface area (Å²) in [7, 11) is 3.21. The highest BCUT2D eigenvalue weighted by atomic mass is 16.5. The number of aromatic nitrogens is 2. The van der Waals surface area contributed by atoms with E-state index in [1.54, 1.807) is 25.0 Å². The summed E-state index contributed by atoms with van der Waals surface area (Å²) in [6, 6.07) is 23.5. The Morgan fingerprint density at radius 3 is 2.39 bits per heavy atom. The summed E-state index contributed by atoms with van der Waals surface area (Å²) in [5.41, 5.74) is 5.32. The van der Waals surface area contributed by atoms with E-state index in [0.717, 1.165) is 34.6 Å². The third-order valence-electron chi connectivity index (χ3n) is 6.19. The van der Waals surface area contributed by atoms with E-state index in [1.807, 2.05) is 66.9 Å². The number of carbonyl (C=O) groups excluding carboxylic acids is 1. The van der Waals surface area contributed by atoms with E-state index in [0.29, 0.717) is 17.4 Å². The predicted molar refractivity (Wildman–Crippen MR) is 145 cm³/mol. The lowest BCUT2D eigenvalue weighted by atomic mass is 9.99. The van der Waals surface area contributed by atoms with Crippen molar-refractivity contribution in [1.29, 1.82) is 0 Å². The first-order chi connectivity index (χ1) is 17.5. The van der Waals surface area contributed by atoms with E-state index in [9.17, 15) is 4.79 Å². The number of ether oxygens (including phenoxy) is 2. The number of anilines is 1. The van der Waals surface area contributed by atoms with Crippen LogP contribution in [-0.4, -0.2) is 29.9 Å². The van der Waals surface area contributed by atoms with Crippen LogP contribution < -0.4 is 14.8 Å². The fourth-order valence-corrected chi connectivity index (χ4v) is 3.91. The van der Waals surface area contributed by atoms with E-state index in [2.05, 4.69) is 31.3 Å². The van der Waals surface area contributed by atoms with E-state index in [-0.39, 0.29) is 5.91 Å². The Labute approximate surface area is 212 Å². The quantitative estimate of drug-likeness (QED) is 0.270. The van der Waals surface area contributed by atoms with Crippen molar-refractivity contribution in [3.05, 3.63) is 96.2 Å². The molecule has 4 rings (SSSR count). The van der Waals surface area contributed by atoms with Crippen LogP contribution >= 0.6 is 0 Å². The summed E-state index contributed by atoms with van der Waals surface area (Å²) in [5, 5.41) is 7.75. The van der Waals surface area contributed by atoms with Gasteiger partial charge in [0.25, 0.3) is 0 Å². The second-order valence-corrected chi connectivity index (χ2v) is 8.54. The Morgan fingerprint density at radius 2 is 1.72 bits per heavy atom. The van der Waals surface area contributed by atoms with E-state index < -0.39 is 0 Å². The number of para-hydroxylation sites is 1. The topological polar surface area (TPSA) is 65.4 Å². The van der Waals surface area contributed by atoms with Gasteiger partial charge >= 0.3 is 0 Å². The minimum atomic E-state index is -0.211. The lowest BCUT2D eigenvalue weighted by Gasteiger charge is -2.10. The van der Waals surface area contributed by atoms with Gasteiger partial charge in [0.05, 0.1) is 19.9 Å². The van der Waals surface area contributed by atoms with Gasteiger partial charge in [-0.1, -0.05) is 44.2 Å². The minimum Gasteiger partial charge on any atom is -0.493 e. The SMILES string of the molecule is CC[C@H](C)c1ccc(NC(=O)/C=C/c2cn(-c3ccccc3)nc2-c2ccc(OC)c(OC)c2)cc1. The molecule has 0 aliphatic carbocycles. The summed E-state index contributed by atoms with van der Waals surface area (Å²) in [4.78, 5) is 12.7. The molecule has 1 atom stereocenters. The summed E-state index contributed by atoms with van der Waals surface area (Å²) >= 11 is 0. The molecule has 1 heterocycles. The molecule has 184 valence electrons. The van der Waals surface area contributed by atoms with Crippen LogP contribution in [-0.2, 0) is 4.79 Å². The molecule has 1 aromatic heterocycles. The van der Waals surface area contributed by atoms with Gasteiger partial charge in [-0.05, 0) is 66.4 Å². The highest BCUT2D eigenvalue weighted by molar-refractivity contribution is 6.02. The third kappa shape index (κ3) is 5.66. The van der Waals surface area contributed by atoms with Crippen LogP contribution in [0.15, 0.2) is 85.1 Å². The fourth-order valence-electron chi connectivity index (χ4n) is 3.91. The molecule has 0 saturated carbocycles. The van der Waals surface area contributed by atoms with Crippen LogP contribution in [0.5, 0.6) is 11.5 Å². The number of rotatable bonds is 9. The van der Waals surface area contributed by atoms with Crippen LogP contribution in [0.3, 0.4) is 0 Å². The van der Waals surface area contributed by atoms with Gasteiger partial charge in [0, 0.05) is 29.1 Å². The number of hydrogen-bond donors (Lipinski definition) is 1. The van der Waals surface area contributed by atoms with Gasteiger partial charge in [0.2, 0.25) is 5.91 Å². The lowest BCUT2D eigenvalue weighted by molar-refractivity contribution is -0.111. The van der Waals surface area contributed by atoms with Crippen LogP contribution in [0, 0.1) is 0 Å². The molecule has 0 fully saturated rings. The number of methoxy groups -OCH3 is 2. The van der Waals surface area contributed by atoms with Gasteiger partial charge in [-0.15, -0.1) is 0 Å². The molecule has 0 aliphatic heterocycles. The average Bonchev–Trinajstić information content (AvgIpc) is 3.36. The average molecular weight is 482 g/mol. The number of hydrogen-bond acceptors (Lipinski definition) is 4. The number of benzene rings is 3. The van der Waals surface area contributed by atoms with Gasteiger partial charge < -0.3 is 14.8 Å². The Morgan fingerprint density at radius 1 is 1.00 bits per heavy atom. The first-order valence-corrected chi connectivity index (χ1v) is 12.0. The van der Waals surface area contributed by atoms with Crippen molar-refractivity contribution < 1.29 is 14.3 Å². The summed E-state index contributed by atoms with van der Waals surface area (Å²) < 4.78 is 12.7. The Bertz CT molecular complexity index is 1340. The second kappa shape index (κ2) is 11.4. The minimum absolute atomic E-state index is 0.211. The summed E-state index contributed by atoms with van der Waals surface area (Å²) in [6.45, 7) is 4.36.